The number of carbonyl (C=O) groups excluding carboxylic acids is 1. The van der Waals surface area contributed by atoms with Gasteiger partial charge in [0.1, 0.15) is 5.82 Å². The van der Waals surface area contributed by atoms with E-state index in [0.717, 1.165) is 34.6 Å². The average molecular weight is 372 g/mol. The minimum Gasteiger partial charge on any atom is -0.311 e. The lowest BCUT2D eigenvalue weighted by molar-refractivity contribution is -0.116. The Kier molecular flexibility index (Phi) is 4.92. The minimum absolute atomic E-state index is 0.0393. The van der Waals surface area contributed by atoms with Gasteiger partial charge in [0, 0.05) is 17.7 Å². The Morgan fingerprint density at radius 1 is 1.04 bits per heavy atom. The van der Waals surface area contributed by atoms with Crippen molar-refractivity contribution in [2.45, 2.75) is 33.7 Å². The van der Waals surface area contributed by atoms with Crippen LogP contribution >= 0.6 is 0 Å². The van der Waals surface area contributed by atoms with Crippen LogP contribution in [0.5, 0.6) is 0 Å². The molecule has 0 spiro atoms. The molecular weight excluding hydrogens is 348 g/mol. The van der Waals surface area contributed by atoms with Crippen LogP contribution in [0.2, 0.25) is 0 Å². The largest absolute Gasteiger partial charge is 0.311 e. The van der Waals surface area contributed by atoms with E-state index < -0.39 is 0 Å². The summed E-state index contributed by atoms with van der Waals surface area (Å²) in [5.74, 6) is 1.40. The van der Waals surface area contributed by atoms with Crippen molar-refractivity contribution in [3.63, 3.8) is 0 Å². The van der Waals surface area contributed by atoms with Gasteiger partial charge in [-0.2, -0.15) is 0 Å². The summed E-state index contributed by atoms with van der Waals surface area (Å²) < 4.78 is 0. The van der Waals surface area contributed by atoms with Crippen molar-refractivity contribution in [1.29, 1.82) is 0 Å². The van der Waals surface area contributed by atoms with Crippen LogP contribution in [0.4, 0.5) is 11.5 Å². The second kappa shape index (κ2) is 7.52. The van der Waals surface area contributed by atoms with E-state index in [1.54, 1.807) is 4.90 Å². The molecule has 0 atom stereocenters. The number of para-hydroxylation sites is 1. The van der Waals surface area contributed by atoms with Crippen LogP contribution in [0.25, 0.3) is 11.4 Å². The maximum atomic E-state index is 12.9. The molecule has 0 saturated heterocycles. The number of aryl methyl sites for hydroxylation is 2. The third-order valence-electron chi connectivity index (χ3n) is 5.07. The highest BCUT2D eigenvalue weighted by atomic mass is 16.2. The van der Waals surface area contributed by atoms with E-state index in [1.165, 1.54) is 5.56 Å². The van der Waals surface area contributed by atoms with Gasteiger partial charge in [0.25, 0.3) is 0 Å². The number of benzene rings is 2. The van der Waals surface area contributed by atoms with Gasteiger partial charge in [-0.25, -0.2) is 9.97 Å². The second-order valence-electron chi connectivity index (χ2n) is 7.13. The Bertz CT molecular complexity index is 1030. The third-order valence-corrected chi connectivity index (χ3v) is 5.07. The molecule has 0 saturated carbocycles. The number of fused-ring (bicyclic) bond motifs is 1. The zero-order valence-electron chi connectivity index (χ0n) is 16.5. The van der Waals surface area contributed by atoms with Gasteiger partial charge in [-0.05, 0) is 32.0 Å². The Morgan fingerprint density at radius 2 is 1.79 bits per heavy atom. The molecule has 28 heavy (non-hydrogen) atoms. The van der Waals surface area contributed by atoms with Gasteiger partial charge in [0.05, 0.1) is 17.8 Å². The van der Waals surface area contributed by atoms with Crippen LogP contribution in [0.3, 0.4) is 0 Å². The monoisotopic (exact) mass is 372 g/mol. The highest BCUT2D eigenvalue weighted by Crippen LogP contribution is 2.38. The summed E-state index contributed by atoms with van der Waals surface area (Å²) in [7, 11) is 0. The summed E-state index contributed by atoms with van der Waals surface area (Å²) in [6.07, 6.45) is 0.332. The van der Waals surface area contributed by atoms with E-state index >= 15 is 0 Å². The number of rotatable bonds is 5. The van der Waals surface area contributed by atoms with E-state index in [1.807, 2.05) is 43.3 Å². The van der Waals surface area contributed by atoms with Crippen molar-refractivity contribution in [2.75, 3.05) is 11.4 Å². The molecule has 2 aromatic carbocycles. The lowest BCUT2D eigenvalue weighted by Gasteiger charge is -2.20. The standard InChI is InChI=1S/C23H24N4O/c1-4-24-14-19-18-13-21(28)27(20-8-6-5-7-16(20)3)23(18)26-22(25-19)17-11-9-15(2)10-12-17/h5-12,24H,4,13-14H2,1-3H3. The average Bonchev–Trinajstić information content (AvgIpc) is 3.03. The molecule has 0 fully saturated rings. The summed E-state index contributed by atoms with van der Waals surface area (Å²) in [6, 6.07) is 16.1. The van der Waals surface area contributed by atoms with E-state index in [4.69, 9.17) is 9.97 Å². The fourth-order valence-corrected chi connectivity index (χ4v) is 3.52. The number of amides is 1. The summed E-state index contributed by atoms with van der Waals surface area (Å²) in [5.41, 5.74) is 5.89. The van der Waals surface area contributed by atoms with Gasteiger partial charge < -0.3 is 5.32 Å². The summed E-state index contributed by atoms with van der Waals surface area (Å²) in [4.78, 5) is 24.3. The Morgan fingerprint density at radius 3 is 2.50 bits per heavy atom. The first kappa shape index (κ1) is 18.3. The van der Waals surface area contributed by atoms with Gasteiger partial charge in [0.15, 0.2) is 5.82 Å². The Labute approximate surface area is 165 Å². The highest BCUT2D eigenvalue weighted by Gasteiger charge is 2.34. The number of carbonyl (C=O) groups is 1. The van der Waals surface area contributed by atoms with Crippen molar-refractivity contribution < 1.29 is 4.79 Å². The first-order chi connectivity index (χ1) is 13.6. The molecule has 142 valence electrons. The van der Waals surface area contributed by atoms with Crippen molar-refractivity contribution in [1.82, 2.24) is 15.3 Å². The van der Waals surface area contributed by atoms with Gasteiger partial charge in [-0.1, -0.05) is 55.0 Å². The molecule has 2 heterocycles. The molecular formula is C23H24N4O. The fourth-order valence-electron chi connectivity index (χ4n) is 3.52. The van der Waals surface area contributed by atoms with E-state index in [2.05, 4.69) is 31.3 Å². The van der Waals surface area contributed by atoms with Crippen molar-refractivity contribution in [3.8, 4) is 11.4 Å². The van der Waals surface area contributed by atoms with Crippen LogP contribution < -0.4 is 10.2 Å². The second-order valence-corrected chi connectivity index (χ2v) is 7.13. The maximum Gasteiger partial charge on any atom is 0.237 e. The normalized spacial score (nSPS) is 13.1. The molecule has 4 rings (SSSR count). The van der Waals surface area contributed by atoms with Crippen LogP contribution in [0.1, 0.15) is 29.3 Å². The smallest absolute Gasteiger partial charge is 0.237 e. The van der Waals surface area contributed by atoms with Crippen LogP contribution in [0.15, 0.2) is 48.5 Å². The Balaban J connectivity index is 1.88. The number of nitrogens with one attached hydrogen (secondary N) is 1. The minimum atomic E-state index is 0.0393. The predicted molar refractivity (Wildman–Crippen MR) is 112 cm³/mol. The molecule has 1 aliphatic rings. The molecule has 5 nitrogen and oxygen atoms in total. The summed E-state index contributed by atoms with van der Waals surface area (Å²) in [6.45, 7) is 7.60. The van der Waals surface area contributed by atoms with E-state index in [9.17, 15) is 4.79 Å². The number of anilines is 2. The molecule has 1 N–H and O–H groups in total. The summed E-state index contributed by atoms with van der Waals surface area (Å²) >= 11 is 0. The maximum absolute atomic E-state index is 12.9. The topological polar surface area (TPSA) is 58.1 Å². The first-order valence-electron chi connectivity index (χ1n) is 9.64. The van der Waals surface area contributed by atoms with Crippen LogP contribution in [0, 0.1) is 13.8 Å². The first-order valence-corrected chi connectivity index (χ1v) is 9.64. The number of hydrogen-bond acceptors (Lipinski definition) is 4. The van der Waals surface area contributed by atoms with E-state index in [0.29, 0.717) is 24.6 Å². The van der Waals surface area contributed by atoms with Gasteiger partial charge in [-0.15, -0.1) is 0 Å². The van der Waals surface area contributed by atoms with E-state index in [-0.39, 0.29) is 5.91 Å². The summed E-state index contributed by atoms with van der Waals surface area (Å²) in [5, 5.41) is 3.34. The SMILES string of the molecule is CCNCc1nc(-c2ccc(C)cc2)nc2c1CC(=O)N2c1ccccc1C. The molecule has 0 bridgehead atoms. The number of nitrogens with zero attached hydrogens (tertiary/aromatic N) is 3. The van der Waals surface area contributed by atoms with Gasteiger partial charge in [-0.3, -0.25) is 9.69 Å². The highest BCUT2D eigenvalue weighted by molar-refractivity contribution is 6.07. The molecule has 0 radical (unpaired) electrons. The number of aromatic nitrogens is 2. The lowest BCUT2D eigenvalue weighted by Crippen LogP contribution is -2.22. The molecule has 5 heteroatoms. The predicted octanol–water partition coefficient (Wildman–Crippen LogP) is 4.09. The fraction of sp³-hybridized carbons (Fsp3) is 0.261. The van der Waals surface area contributed by atoms with Gasteiger partial charge >= 0.3 is 0 Å². The Hall–Kier alpha value is -3.05. The zero-order chi connectivity index (χ0) is 19.7. The lowest BCUT2D eigenvalue weighted by atomic mass is 10.1. The molecule has 1 amide bonds. The van der Waals surface area contributed by atoms with Crippen LogP contribution in [-0.2, 0) is 17.8 Å². The zero-order valence-corrected chi connectivity index (χ0v) is 16.5. The molecule has 3 aromatic rings. The van der Waals surface area contributed by atoms with Crippen molar-refractivity contribution in [3.05, 3.63) is 70.9 Å². The van der Waals surface area contributed by atoms with Gasteiger partial charge in [0.2, 0.25) is 5.91 Å². The third kappa shape index (κ3) is 3.29. The molecule has 0 unspecified atom stereocenters. The molecule has 0 aliphatic carbocycles. The molecule has 1 aliphatic heterocycles. The van der Waals surface area contributed by atoms with Crippen LogP contribution in [-0.4, -0.2) is 22.4 Å². The number of hydrogen-bond donors (Lipinski definition) is 1. The van der Waals surface area contributed by atoms with Crippen molar-refractivity contribution in [2.24, 2.45) is 0 Å². The molecule has 1 aromatic heterocycles. The quantitative estimate of drug-likeness (QED) is 0.733. The van der Waals surface area contributed by atoms with Crippen molar-refractivity contribution >= 4 is 17.4 Å².